The number of para-hydroxylation sites is 1. The number of hydrogen-bond acceptors (Lipinski definition) is 4. The van der Waals surface area contributed by atoms with Gasteiger partial charge in [0.15, 0.2) is 0 Å². The molecule has 0 aliphatic heterocycles. The Kier molecular flexibility index (Phi) is 13.3. The summed E-state index contributed by atoms with van der Waals surface area (Å²) >= 11 is 35.4. The van der Waals surface area contributed by atoms with Crippen molar-refractivity contribution in [3.05, 3.63) is 30.3 Å². The van der Waals surface area contributed by atoms with E-state index in [1.807, 2.05) is 18.2 Å². The first kappa shape index (κ1) is 24.9. The topological polar surface area (TPSA) is 36.9 Å². The molecule has 0 saturated carbocycles. The van der Waals surface area contributed by atoms with Gasteiger partial charge in [-0.3, -0.25) is 0 Å². The third-order valence-corrected chi connectivity index (χ3v) is 7.29. The van der Waals surface area contributed by atoms with E-state index in [1.165, 1.54) is 0 Å². The molecular weight excluding hydrogens is 485 g/mol. The van der Waals surface area contributed by atoms with Gasteiger partial charge in [-0.1, -0.05) is 18.2 Å². The fraction of sp³-hybridized carbons (Fsp3) is 0.600. The maximum atomic E-state index is 6.06. The number of benzene rings is 1. The van der Waals surface area contributed by atoms with Crippen LogP contribution in [0.3, 0.4) is 0 Å². The zero-order valence-electron chi connectivity index (χ0n) is 13.8. The largest absolute Gasteiger partial charge is 0.749 e. The molecular formula is C15H20Cl6O4Si. The van der Waals surface area contributed by atoms with E-state index in [4.69, 9.17) is 87.3 Å². The molecule has 0 fully saturated rings. The minimum Gasteiger partial charge on any atom is -0.480 e. The van der Waals surface area contributed by atoms with Gasteiger partial charge in [0, 0.05) is 17.6 Å². The molecule has 0 heterocycles. The minimum absolute atomic E-state index is 0.0613. The lowest BCUT2D eigenvalue weighted by atomic mass is 10.3. The SMILES string of the molecule is ClCC(Cl)CO[Si](OCC(Cl)CCl)(OCC(Cl)CCl)Oc1ccccc1. The molecule has 0 aliphatic carbocycles. The summed E-state index contributed by atoms with van der Waals surface area (Å²) in [5.74, 6) is 1.08. The highest BCUT2D eigenvalue weighted by molar-refractivity contribution is 6.54. The molecule has 0 amide bonds. The third-order valence-electron chi connectivity index (χ3n) is 2.81. The molecule has 26 heavy (non-hydrogen) atoms. The van der Waals surface area contributed by atoms with E-state index in [1.54, 1.807) is 12.1 Å². The fourth-order valence-electron chi connectivity index (χ4n) is 1.56. The standard InChI is InChI=1S/C15H20Cl6O4Si/c16-6-12(19)9-22-26(23-10-13(20)7-17,24-11-14(21)8-18)25-15-4-2-1-3-5-15/h1-5,12-14H,6-11H2. The molecule has 3 atom stereocenters. The van der Waals surface area contributed by atoms with E-state index in [-0.39, 0.29) is 37.5 Å². The molecule has 11 heteroatoms. The molecule has 1 aromatic carbocycles. The zero-order valence-corrected chi connectivity index (χ0v) is 19.3. The van der Waals surface area contributed by atoms with E-state index in [9.17, 15) is 0 Å². The van der Waals surface area contributed by atoms with Gasteiger partial charge in [0.2, 0.25) is 0 Å². The zero-order chi connectivity index (χ0) is 19.4. The van der Waals surface area contributed by atoms with E-state index in [0.717, 1.165) is 0 Å². The second kappa shape index (κ2) is 13.9. The summed E-state index contributed by atoms with van der Waals surface area (Å²) in [6, 6.07) is 8.97. The normalized spacial score (nSPS) is 17.3. The van der Waals surface area contributed by atoms with Crippen LogP contribution in [0.2, 0.25) is 0 Å². The first-order valence-electron chi connectivity index (χ1n) is 7.70. The molecule has 0 aliphatic rings. The van der Waals surface area contributed by atoms with Crippen molar-refractivity contribution in [2.24, 2.45) is 0 Å². The summed E-state index contributed by atoms with van der Waals surface area (Å²) in [6.45, 7) is 0.184. The maximum absolute atomic E-state index is 6.06. The molecule has 0 bridgehead atoms. The van der Waals surface area contributed by atoms with Crippen LogP contribution in [0.1, 0.15) is 0 Å². The van der Waals surface area contributed by atoms with Crippen LogP contribution in [0.15, 0.2) is 30.3 Å². The number of halogens is 6. The van der Waals surface area contributed by atoms with Crippen molar-refractivity contribution in [1.82, 2.24) is 0 Å². The summed E-state index contributed by atoms with van der Waals surface area (Å²) in [6.07, 6.45) is 0. The Morgan fingerprint density at radius 2 is 1.08 bits per heavy atom. The first-order valence-corrected chi connectivity index (χ1v) is 12.2. The van der Waals surface area contributed by atoms with Crippen LogP contribution in [-0.4, -0.2) is 62.6 Å². The van der Waals surface area contributed by atoms with Gasteiger partial charge in [-0.15, -0.1) is 69.6 Å². The minimum atomic E-state index is -3.70. The Hall–Kier alpha value is 0.857. The van der Waals surface area contributed by atoms with Crippen LogP contribution in [0.4, 0.5) is 0 Å². The van der Waals surface area contributed by atoms with Crippen LogP contribution in [0.25, 0.3) is 0 Å². The molecule has 0 radical (unpaired) electrons. The van der Waals surface area contributed by atoms with Crippen LogP contribution in [0.5, 0.6) is 5.75 Å². The van der Waals surface area contributed by atoms with Crippen LogP contribution in [0, 0.1) is 0 Å². The summed E-state index contributed by atoms with van der Waals surface area (Å²) in [5, 5.41) is -1.35. The Morgan fingerprint density at radius 1 is 0.692 bits per heavy atom. The van der Waals surface area contributed by atoms with Crippen molar-refractivity contribution in [3.8, 4) is 5.75 Å². The summed E-state index contributed by atoms with van der Waals surface area (Å²) in [4.78, 5) is 0. The van der Waals surface area contributed by atoms with Crippen molar-refractivity contribution < 1.29 is 17.7 Å². The summed E-state index contributed by atoms with van der Waals surface area (Å²) < 4.78 is 23.4. The Morgan fingerprint density at radius 3 is 1.42 bits per heavy atom. The van der Waals surface area contributed by atoms with E-state index < -0.39 is 25.2 Å². The quantitative estimate of drug-likeness (QED) is 0.261. The van der Waals surface area contributed by atoms with Crippen molar-refractivity contribution in [2.45, 2.75) is 16.1 Å². The molecule has 4 nitrogen and oxygen atoms in total. The molecule has 0 spiro atoms. The second-order valence-electron chi connectivity index (χ2n) is 5.10. The second-order valence-corrected chi connectivity index (χ2v) is 9.95. The summed E-state index contributed by atoms with van der Waals surface area (Å²) in [7, 11) is -3.70. The monoisotopic (exact) mass is 502 g/mol. The molecule has 1 rings (SSSR count). The molecule has 0 saturated heterocycles. The fourth-order valence-corrected chi connectivity index (χ4v) is 4.40. The highest BCUT2D eigenvalue weighted by Crippen LogP contribution is 2.22. The summed E-state index contributed by atoms with van der Waals surface area (Å²) in [5.41, 5.74) is 0. The van der Waals surface area contributed by atoms with Gasteiger partial charge >= 0.3 is 9.05 Å². The lowest BCUT2D eigenvalue weighted by Crippen LogP contribution is -2.55. The van der Waals surface area contributed by atoms with Gasteiger partial charge < -0.3 is 17.7 Å². The van der Waals surface area contributed by atoms with Crippen LogP contribution < -0.4 is 4.43 Å². The van der Waals surface area contributed by atoms with Gasteiger partial charge in [-0.25, -0.2) is 0 Å². The maximum Gasteiger partial charge on any atom is 0.749 e. The smallest absolute Gasteiger partial charge is 0.480 e. The first-order chi connectivity index (χ1) is 12.4. The molecule has 150 valence electrons. The van der Waals surface area contributed by atoms with Gasteiger partial charge in [0.25, 0.3) is 0 Å². The predicted octanol–water partition coefficient (Wildman–Crippen LogP) is 5.09. The highest BCUT2D eigenvalue weighted by Gasteiger charge is 2.50. The molecule has 1 aromatic rings. The Bertz CT molecular complexity index is 450. The lowest BCUT2D eigenvalue weighted by molar-refractivity contribution is 0.00223. The van der Waals surface area contributed by atoms with E-state index in [2.05, 4.69) is 0 Å². The van der Waals surface area contributed by atoms with Gasteiger partial charge in [-0.05, 0) is 12.1 Å². The molecule has 0 N–H and O–H groups in total. The molecule has 0 aromatic heterocycles. The number of alkyl halides is 6. The Labute approximate surface area is 185 Å². The van der Waals surface area contributed by atoms with Crippen LogP contribution >= 0.6 is 69.6 Å². The molecule has 3 unspecified atom stereocenters. The van der Waals surface area contributed by atoms with Crippen molar-refractivity contribution in [2.75, 3.05) is 37.5 Å². The van der Waals surface area contributed by atoms with Crippen molar-refractivity contribution in [3.63, 3.8) is 0 Å². The van der Waals surface area contributed by atoms with Crippen molar-refractivity contribution >= 4 is 78.7 Å². The number of rotatable bonds is 14. The van der Waals surface area contributed by atoms with Gasteiger partial charge in [-0.2, -0.15) is 0 Å². The predicted molar refractivity (Wildman–Crippen MR) is 112 cm³/mol. The van der Waals surface area contributed by atoms with E-state index >= 15 is 0 Å². The van der Waals surface area contributed by atoms with Gasteiger partial charge in [0.1, 0.15) is 5.75 Å². The van der Waals surface area contributed by atoms with Crippen molar-refractivity contribution in [1.29, 1.82) is 0 Å². The number of hydrogen-bond donors (Lipinski definition) is 0. The van der Waals surface area contributed by atoms with Gasteiger partial charge in [0.05, 0.1) is 36.0 Å². The third kappa shape index (κ3) is 9.87. The van der Waals surface area contributed by atoms with Crippen LogP contribution in [-0.2, 0) is 13.3 Å². The lowest BCUT2D eigenvalue weighted by Gasteiger charge is -2.30. The van der Waals surface area contributed by atoms with E-state index in [0.29, 0.717) is 5.75 Å². The average molecular weight is 505 g/mol. The highest BCUT2D eigenvalue weighted by atomic mass is 35.5. The Balaban J connectivity index is 2.98. The average Bonchev–Trinajstić information content (AvgIpc) is 2.68.